The first-order valence-electron chi connectivity index (χ1n) is 14.5. The van der Waals surface area contributed by atoms with Crippen molar-refractivity contribution in [2.75, 3.05) is 0 Å². The van der Waals surface area contributed by atoms with Crippen LogP contribution in [-0.2, 0) is 17.3 Å². The quantitative estimate of drug-likeness (QED) is 0.198. The minimum atomic E-state index is -2.06. The lowest BCUT2D eigenvalue weighted by atomic mass is 9.97. The first kappa shape index (κ1) is 30.4. The van der Waals surface area contributed by atoms with Crippen molar-refractivity contribution in [3.63, 3.8) is 0 Å². The molecule has 2 aromatic heterocycles. The molecule has 0 saturated carbocycles. The van der Waals surface area contributed by atoms with Gasteiger partial charge >= 0.3 is 0 Å². The number of nitrogens with zero attached hydrogens (tertiary/aromatic N) is 5. The van der Waals surface area contributed by atoms with E-state index in [0.717, 1.165) is 40.8 Å². The third-order valence-corrected chi connectivity index (χ3v) is 13.1. The topological polar surface area (TPSA) is 85.2 Å². The molecule has 4 rings (SSSR count). The van der Waals surface area contributed by atoms with E-state index in [1.165, 1.54) is 0 Å². The van der Waals surface area contributed by atoms with Crippen molar-refractivity contribution >= 4 is 14.1 Å². The van der Waals surface area contributed by atoms with Crippen molar-refractivity contribution in [3.05, 3.63) is 87.1 Å². The van der Waals surface area contributed by atoms with Gasteiger partial charge in [0.05, 0.1) is 29.5 Å². The molecule has 8 heteroatoms. The van der Waals surface area contributed by atoms with Crippen LogP contribution in [0.5, 0.6) is 0 Å². The Hall–Kier alpha value is -3.54. The molecule has 0 fully saturated rings. The first-order chi connectivity index (χ1) is 19.3. The molecule has 2 aromatic carbocycles. The van der Waals surface area contributed by atoms with Crippen LogP contribution in [0.3, 0.4) is 0 Å². The third-order valence-electron chi connectivity index (χ3n) is 8.55. The van der Waals surface area contributed by atoms with Gasteiger partial charge in [0.2, 0.25) is 5.78 Å². The fourth-order valence-electron chi connectivity index (χ4n) is 5.06. The number of rotatable bonds is 9. The second-order valence-corrected chi connectivity index (χ2v) is 17.3. The predicted octanol–water partition coefficient (Wildman–Crippen LogP) is 7.25. The fourth-order valence-corrected chi connectivity index (χ4v) is 6.54. The molecule has 0 radical (unpaired) electrons. The molecule has 2 atom stereocenters. The van der Waals surface area contributed by atoms with Gasteiger partial charge in [-0.15, -0.1) is 0 Å². The van der Waals surface area contributed by atoms with Gasteiger partial charge in [-0.3, -0.25) is 9.36 Å². The Balaban J connectivity index is 1.80. The normalized spacial score (nSPS) is 13.8. The SMILES string of the molecule is CCCc1c(Cc2ccc(-c3ccccc3C#N)cc2)c(=O)n(C(C)C(C)O[Si](C)(C)C(C)(C)C)c2nc(C)nn12. The molecule has 0 saturated heterocycles. The van der Waals surface area contributed by atoms with Gasteiger partial charge in [-0.25, -0.2) is 4.52 Å². The van der Waals surface area contributed by atoms with E-state index in [1.807, 2.05) is 66.9 Å². The zero-order chi connectivity index (χ0) is 30.1. The highest BCUT2D eigenvalue weighted by atomic mass is 28.4. The molecule has 4 aromatic rings. The lowest BCUT2D eigenvalue weighted by Crippen LogP contribution is -2.46. The second-order valence-electron chi connectivity index (χ2n) is 12.6. The van der Waals surface area contributed by atoms with E-state index in [0.29, 0.717) is 23.6 Å². The van der Waals surface area contributed by atoms with E-state index >= 15 is 0 Å². The lowest BCUT2D eigenvalue weighted by Gasteiger charge is -2.40. The molecule has 2 unspecified atom stereocenters. The fraction of sp³-hybridized carbons (Fsp3) is 0.455. The zero-order valence-corrected chi connectivity index (χ0v) is 26.9. The van der Waals surface area contributed by atoms with Gasteiger partial charge in [-0.1, -0.05) is 76.6 Å². The summed E-state index contributed by atoms with van der Waals surface area (Å²) in [6.45, 7) is 19.3. The van der Waals surface area contributed by atoms with E-state index in [2.05, 4.69) is 53.8 Å². The first-order valence-corrected chi connectivity index (χ1v) is 17.5. The van der Waals surface area contributed by atoms with Gasteiger partial charge in [0.1, 0.15) is 5.82 Å². The summed E-state index contributed by atoms with van der Waals surface area (Å²) in [5, 5.41) is 14.3. The summed E-state index contributed by atoms with van der Waals surface area (Å²) in [7, 11) is -2.06. The van der Waals surface area contributed by atoms with Crippen LogP contribution in [0.15, 0.2) is 53.3 Å². The Labute approximate surface area is 245 Å². The summed E-state index contributed by atoms with van der Waals surface area (Å²) in [6.07, 6.45) is 1.91. The summed E-state index contributed by atoms with van der Waals surface area (Å²) in [6, 6.07) is 17.8. The average molecular weight is 570 g/mol. The van der Waals surface area contributed by atoms with Crippen molar-refractivity contribution in [1.29, 1.82) is 5.26 Å². The third kappa shape index (κ3) is 6.07. The summed E-state index contributed by atoms with van der Waals surface area (Å²) < 4.78 is 10.4. The van der Waals surface area contributed by atoms with Crippen molar-refractivity contribution in [1.82, 2.24) is 19.2 Å². The lowest BCUT2D eigenvalue weighted by molar-refractivity contribution is 0.145. The zero-order valence-electron chi connectivity index (χ0n) is 25.9. The maximum atomic E-state index is 14.4. The van der Waals surface area contributed by atoms with Crippen molar-refractivity contribution in [3.8, 4) is 17.2 Å². The van der Waals surface area contributed by atoms with E-state index < -0.39 is 8.32 Å². The van der Waals surface area contributed by atoms with Gasteiger partial charge < -0.3 is 4.43 Å². The average Bonchev–Trinajstić information content (AvgIpc) is 3.30. The minimum Gasteiger partial charge on any atom is -0.412 e. The van der Waals surface area contributed by atoms with Crippen LogP contribution < -0.4 is 5.56 Å². The van der Waals surface area contributed by atoms with Crippen LogP contribution in [0.25, 0.3) is 16.9 Å². The summed E-state index contributed by atoms with van der Waals surface area (Å²) >= 11 is 0. The number of fused-ring (bicyclic) bond motifs is 1. The standard InChI is InChI=1S/C33H43N5O2Si/c1-10-13-30-29(20-25-16-18-26(19-17-25)28-15-12-11-14-27(28)21-34)31(39)37(32-35-24(4)36-38(30)32)22(2)23(3)40-41(8,9)33(5,6)7/h11-12,14-19,22-23H,10,13,20H2,1-9H3. The Morgan fingerprint density at radius 2 is 1.73 bits per heavy atom. The summed E-state index contributed by atoms with van der Waals surface area (Å²) in [4.78, 5) is 19.1. The number of aromatic nitrogens is 4. The molecular weight excluding hydrogens is 526 g/mol. The number of hydrogen-bond donors (Lipinski definition) is 0. The van der Waals surface area contributed by atoms with Crippen LogP contribution in [0.2, 0.25) is 18.1 Å². The Bertz CT molecular complexity index is 1640. The molecule has 0 aliphatic carbocycles. The highest BCUT2D eigenvalue weighted by molar-refractivity contribution is 6.74. The molecule has 0 aliphatic rings. The molecule has 41 heavy (non-hydrogen) atoms. The smallest absolute Gasteiger partial charge is 0.259 e. The van der Waals surface area contributed by atoms with Gasteiger partial charge in [-0.05, 0) is 68.1 Å². The van der Waals surface area contributed by atoms with Gasteiger partial charge in [0.25, 0.3) is 5.56 Å². The summed E-state index contributed by atoms with van der Waals surface area (Å²) in [5.74, 6) is 1.21. The molecule has 216 valence electrons. The second kappa shape index (κ2) is 11.7. The van der Waals surface area contributed by atoms with Gasteiger partial charge in [0, 0.05) is 12.0 Å². The van der Waals surface area contributed by atoms with Crippen LogP contribution in [0, 0.1) is 18.3 Å². The molecule has 7 nitrogen and oxygen atoms in total. The van der Waals surface area contributed by atoms with Crippen molar-refractivity contribution < 1.29 is 4.43 Å². The summed E-state index contributed by atoms with van der Waals surface area (Å²) in [5.41, 5.74) is 5.16. The number of aryl methyl sites for hydroxylation is 2. The minimum absolute atomic E-state index is 0.0366. The maximum absolute atomic E-state index is 14.4. The largest absolute Gasteiger partial charge is 0.412 e. The Kier molecular flexibility index (Phi) is 8.72. The molecule has 0 bridgehead atoms. The van der Waals surface area contributed by atoms with Crippen LogP contribution >= 0.6 is 0 Å². The molecule has 0 N–H and O–H groups in total. The van der Waals surface area contributed by atoms with E-state index in [-0.39, 0.29) is 22.7 Å². The molecular formula is C33H43N5O2Si. The van der Waals surface area contributed by atoms with E-state index in [4.69, 9.17) is 14.5 Å². The maximum Gasteiger partial charge on any atom is 0.259 e. The van der Waals surface area contributed by atoms with Crippen LogP contribution in [0.4, 0.5) is 0 Å². The molecule has 0 amide bonds. The molecule has 2 heterocycles. The number of nitriles is 1. The van der Waals surface area contributed by atoms with Crippen LogP contribution in [-0.4, -0.2) is 33.6 Å². The number of benzene rings is 2. The Morgan fingerprint density at radius 1 is 1.07 bits per heavy atom. The predicted molar refractivity (Wildman–Crippen MR) is 168 cm³/mol. The Morgan fingerprint density at radius 3 is 2.34 bits per heavy atom. The monoisotopic (exact) mass is 569 g/mol. The van der Waals surface area contributed by atoms with Crippen molar-refractivity contribution in [2.45, 2.75) is 98.0 Å². The van der Waals surface area contributed by atoms with Gasteiger partial charge in [0.15, 0.2) is 8.32 Å². The van der Waals surface area contributed by atoms with E-state index in [1.54, 1.807) is 4.57 Å². The van der Waals surface area contributed by atoms with Gasteiger partial charge in [-0.2, -0.15) is 15.3 Å². The van der Waals surface area contributed by atoms with Crippen molar-refractivity contribution in [2.24, 2.45) is 0 Å². The molecule has 0 aliphatic heterocycles. The molecule has 0 spiro atoms. The number of hydrogen-bond acceptors (Lipinski definition) is 5. The van der Waals surface area contributed by atoms with Crippen LogP contribution in [0.1, 0.15) is 82.2 Å². The highest BCUT2D eigenvalue weighted by Gasteiger charge is 2.40. The van der Waals surface area contributed by atoms with E-state index in [9.17, 15) is 10.1 Å². The highest BCUT2D eigenvalue weighted by Crippen LogP contribution is 2.38.